The van der Waals surface area contributed by atoms with Crippen molar-refractivity contribution in [2.75, 3.05) is 13.7 Å². The van der Waals surface area contributed by atoms with E-state index in [4.69, 9.17) is 9.47 Å². The Morgan fingerprint density at radius 3 is 2.39 bits per heavy atom. The van der Waals surface area contributed by atoms with Crippen molar-refractivity contribution in [2.45, 2.75) is 32.8 Å². The molecule has 0 radical (unpaired) electrons. The maximum atomic E-state index is 9.74. The fraction of sp³-hybridized carbons (Fsp3) is 0.368. The first-order valence-electron chi connectivity index (χ1n) is 7.68. The minimum absolute atomic E-state index is 0.0600. The molecule has 2 rings (SSSR count). The molecule has 0 spiro atoms. The van der Waals surface area contributed by atoms with Gasteiger partial charge in [0.2, 0.25) is 0 Å². The molecule has 2 atom stereocenters. The highest BCUT2D eigenvalue weighted by molar-refractivity contribution is 5.43. The van der Waals surface area contributed by atoms with Gasteiger partial charge in [0.1, 0.15) is 11.9 Å². The fourth-order valence-corrected chi connectivity index (χ4v) is 2.58. The Hall–Kier alpha value is -2.20. The Kier molecular flexibility index (Phi) is 5.50. The van der Waals surface area contributed by atoms with Crippen LogP contribution in [0.3, 0.4) is 0 Å². The van der Waals surface area contributed by atoms with E-state index in [0.29, 0.717) is 5.75 Å². The molecule has 2 aromatic rings. The zero-order chi connectivity index (χ0) is 17.0. The lowest BCUT2D eigenvalue weighted by molar-refractivity contribution is 0.0968. The molecule has 0 aromatic heterocycles. The molecule has 4 heteroatoms. The lowest BCUT2D eigenvalue weighted by Gasteiger charge is -2.25. The topological polar surface area (TPSA) is 58.9 Å². The van der Waals surface area contributed by atoms with Gasteiger partial charge in [-0.25, -0.2) is 0 Å². The number of hydrogen-bond donors (Lipinski definition) is 2. The third kappa shape index (κ3) is 3.96. The molecule has 0 fully saturated rings. The fourth-order valence-electron chi connectivity index (χ4n) is 2.58. The molecule has 0 aliphatic rings. The standard InChI is InChI=1S/C19H24O4/c1-12-5-8-17(13(2)9-12)23-19(11-20)14(3)15-6-7-16(21)18(10-15)22-4/h5-10,14,19-21H,11H2,1-4H3. The van der Waals surface area contributed by atoms with Gasteiger partial charge in [0.25, 0.3) is 0 Å². The number of rotatable bonds is 6. The van der Waals surface area contributed by atoms with Gasteiger partial charge in [-0.1, -0.05) is 30.7 Å². The maximum absolute atomic E-state index is 9.74. The highest BCUT2D eigenvalue weighted by Gasteiger charge is 2.22. The van der Waals surface area contributed by atoms with Crippen LogP contribution in [0.1, 0.15) is 29.5 Å². The number of methoxy groups -OCH3 is 1. The predicted molar refractivity (Wildman–Crippen MR) is 90.5 cm³/mol. The number of aliphatic hydroxyl groups is 1. The van der Waals surface area contributed by atoms with Crippen LogP contribution >= 0.6 is 0 Å². The van der Waals surface area contributed by atoms with Crippen LogP contribution in [-0.2, 0) is 0 Å². The van der Waals surface area contributed by atoms with Crippen molar-refractivity contribution in [3.8, 4) is 17.2 Å². The normalized spacial score (nSPS) is 13.4. The molecule has 0 amide bonds. The Labute approximate surface area is 137 Å². The number of aliphatic hydroxyl groups excluding tert-OH is 1. The summed E-state index contributed by atoms with van der Waals surface area (Å²) in [6, 6.07) is 11.2. The molecular weight excluding hydrogens is 292 g/mol. The third-order valence-corrected chi connectivity index (χ3v) is 4.08. The molecule has 124 valence electrons. The lowest BCUT2D eigenvalue weighted by Crippen LogP contribution is -2.28. The van der Waals surface area contributed by atoms with Crippen LogP contribution in [0.4, 0.5) is 0 Å². The monoisotopic (exact) mass is 316 g/mol. The summed E-state index contributed by atoms with van der Waals surface area (Å²) in [5.41, 5.74) is 3.15. The average molecular weight is 316 g/mol. The van der Waals surface area contributed by atoms with E-state index in [0.717, 1.165) is 16.9 Å². The quantitative estimate of drug-likeness (QED) is 0.855. The van der Waals surface area contributed by atoms with Crippen LogP contribution in [0.2, 0.25) is 0 Å². The molecule has 2 aromatic carbocycles. The van der Waals surface area contributed by atoms with Gasteiger partial charge in [-0.2, -0.15) is 0 Å². The van der Waals surface area contributed by atoms with Gasteiger partial charge in [0.15, 0.2) is 11.5 Å². The second-order valence-electron chi connectivity index (χ2n) is 5.83. The van der Waals surface area contributed by atoms with Gasteiger partial charge in [0.05, 0.1) is 13.7 Å². The minimum Gasteiger partial charge on any atom is -0.504 e. The smallest absolute Gasteiger partial charge is 0.160 e. The first-order chi connectivity index (χ1) is 11.0. The third-order valence-electron chi connectivity index (χ3n) is 4.08. The summed E-state index contributed by atoms with van der Waals surface area (Å²) in [6.45, 7) is 5.91. The Morgan fingerprint density at radius 1 is 1.04 bits per heavy atom. The Balaban J connectivity index is 2.22. The summed E-state index contributed by atoms with van der Waals surface area (Å²) in [6.07, 6.45) is -0.384. The van der Waals surface area contributed by atoms with Crippen LogP contribution in [0.5, 0.6) is 17.2 Å². The highest BCUT2D eigenvalue weighted by atomic mass is 16.5. The molecule has 0 aliphatic carbocycles. The maximum Gasteiger partial charge on any atom is 0.160 e. The Morgan fingerprint density at radius 2 is 1.78 bits per heavy atom. The summed E-state index contributed by atoms with van der Waals surface area (Å²) >= 11 is 0. The van der Waals surface area contributed by atoms with E-state index in [1.807, 2.05) is 39.0 Å². The SMILES string of the molecule is COc1cc(C(C)C(CO)Oc2ccc(C)cc2C)ccc1O. The number of aromatic hydroxyl groups is 1. The number of hydrogen-bond acceptors (Lipinski definition) is 4. The summed E-state index contributed by atoms with van der Waals surface area (Å²) in [4.78, 5) is 0. The van der Waals surface area contributed by atoms with Crippen molar-refractivity contribution >= 4 is 0 Å². The van der Waals surface area contributed by atoms with E-state index >= 15 is 0 Å². The van der Waals surface area contributed by atoms with Crippen molar-refractivity contribution in [1.82, 2.24) is 0 Å². The van der Waals surface area contributed by atoms with Crippen LogP contribution in [0.25, 0.3) is 0 Å². The van der Waals surface area contributed by atoms with E-state index in [1.165, 1.54) is 12.7 Å². The van der Waals surface area contributed by atoms with Gasteiger partial charge in [-0.15, -0.1) is 0 Å². The van der Waals surface area contributed by atoms with Crippen molar-refractivity contribution < 1.29 is 19.7 Å². The molecule has 23 heavy (non-hydrogen) atoms. The molecule has 0 aliphatic heterocycles. The van der Waals surface area contributed by atoms with Crippen molar-refractivity contribution in [3.63, 3.8) is 0 Å². The largest absolute Gasteiger partial charge is 0.504 e. The highest BCUT2D eigenvalue weighted by Crippen LogP contribution is 2.32. The van der Waals surface area contributed by atoms with Crippen molar-refractivity contribution in [3.05, 3.63) is 53.1 Å². The van der Waals surface area contributed by atoms with E-state index < -0.39 is 0 Å². The van der Waals surface area contributed by atoms with Crippen LogP contribution < -0.4 is 9.47 Å². The predicted octanol–water partition coefficient (Wildman–Crippen LogP) is 3.56. The molecule has 0 saturated heterocycles. The second-order valence-corrected chi connectivity index (χ2v) is 5.83. The van der Waals surface area contributed by atoms with Crippen molar-refractivity contribution in [2.24, 2.45) is 0 Å². The van der Waals surface area contributed by atoms with E-state index in [9.17, 15) is 10.2 Å². The molecule has 2 unspecified atom stereocenters. The zero-order valence-corrected chi connectivity index (χ0v) is 14.0. The summed E-state index contributed by atoms with van der Waals surface area (Å²) in [5.74, 6) is 1.22. The second kappa shape index (κ2) is 7.38. The van der Waals surface area contributed by atoms with E-state index in [1.54, 1.807) is 12.1 Å². The number of ether oxygens (including phenoxy) is 2. The van der Waals surface area contributed by atoms with Gasteiger partial charge < -0.3 is 19.7 Å². The van der Waals surface area contributed by atoms with Gasteiger partial charge >= 0.3 is 0 Å². The summed E-state index contributed by atoms with van der Waals surface area (Å²) < 4.78 is 11.2. The van der Waals surface area contributed by atoms with E-state index in [-0.39, 0.29) is 24.4 Å². The molecule has 0 heterocycles. The van der Waals surface area contributed by atoms with Crippen LogP contribution in [-0.4, -0.2) is 30.0 Å². The zero-order valence-electron chi connectivity index (χ0n) is 14.0. The van der Waals surface area contributed by atoms with Crippen LogP contribution in [0.15, 0.2) is 36.4 Å². The summed E-state index contributed by atoms with van der Waals surface area (Å²) in [5, 5.41) is 19.4. The van der Waals surface area contributed by atoms with Crippen molar-refractivity contribution in [1.29, 1.82) is 0 Å². The van der Waals surface area contributed by atoms with Gasteiger partial charge in [0, 0.05) is 5.92 Å². The van der Waals surface area contributed by atoms with E-state index in [2.05, 4.69) is 6.07 Å². The first-order valence-corrected chi connectivity index (χ1v) is 7.68. The number of phenols is 1. The van der Waals surface area contributed by atoms with Gasteiger partial charge in [-0.05, 0) is 43.2 Å². The number of aryl methyl sites for hydroxylation is 2. The van der Waals surface area contributed by atoms with Gasteiger partial charge in [-0.3, -0.25) is 0 Å². The molecule has 0 saturated carbocycles. The number of benzene rings is 2. The average Bonchev–Trinajstić information content (AvgIpc) is 2.54. The number of phenolic OH excluding ortho intramolecular Hbond substituents is 1. The summed E-state index contributed by atoms with van der Waals surface area (Å²) in [7, 11) is 1.51. The molecular formula is C19H24O4. The molecule has 2 N–H and O–H groups in total. The first kappa shape index (κ1) is 17.2. The Bertz CT molecular complexity index is 666. The van der Waals surface area contributed by atoms with Crippen LogP contribution in [0, 0.1) is 13.8 Å². The molecule has 4 nitrogen and oxygen atoms in total. The lowest BCUT2D eigenvalue weighted by atomic mass is 9.95. The molecule has 0 bridgehead atoms. The minimum atomic E-state index is -0.384.